The van der Waals surface area contributed by atoms with Gasteiger partial charge < -0.3 is 30.3 Å². The summed E-state index contributed by atoms with van der Waals surface area (Å²) in [5.74, 6) is 0. The lowest BCUT2D eigenvalue weighted by Crippen LogP contribution is -2.40. The van der Waals surface area contributed by atoms with Gasteiger partial charge in [0.2, 0.25) is 0 Å². The molecule has 6 heteroatoms. The van der Waals surface area contributed by atoms with Gasteiger partial charge in [-0.15, -0.1) is 0 Å². The Morgan fingerprint density at radius 3 is 2.08 bits per heavy atom. The minimum atomic E-state index is -1.51. The monoisotopic (exact) mass is 180 g/mol. The standard InChI is InChI=1S/C6H12O6/c7-1-2(8)5-3(9)4(10)6(11)12-5/h2-11H,1H2/t2-,3-,4+,5-,6+/m1/s1. The van der Waals surface area contributed by atoms with Crippen molar-refractivity contribution in [3.8, 4) is 0 Å². The molecule has 1 aliphatic rings. The van der Waals surface area contributed by atoms with E-state index in [1.807, 2.05) is 0 Å². The molecular formula is C6H12O6. The second kappa shape index (κ2) is 3.65. The van der Waals surface area contributed by atoms with Gasteiger partial charge in [0.1, 0.15) is 24.4 Å². The quantitative estimate of drug-likeness (QED) is 0.306. The molecule has 0 unspecified atom stereocenters. The first-order valence-corrected chi connectivity index (χ1v) is 3.56. The Balaban J connectivity index is 2.58. The van der Waals surface area contributed by atoms with E-state index < -0.39 is 37.3 Å². The molecule has 12 heavy (non-hydrogen) atoms. The molecule has 1 heterocycles. The predicted molar refractivity (Wildman–Crippen MR) is 36.0 cm³/mol. The van der Waals surface area contributed by atoms with Crippen LogP contribution in [0.5, 0.6) is 0 Å². The van der Waals surface area contributed by atoms with E-state index in [1.54, 1.807) is 0 Å². The molecule has 0 amide bonds. The molecule has 0 bridgehead atoms. The highest BCUT2D eigenvalue weighted by atomic mass is 16.6. The van der Waals surface area contributed by atoms with Crippen LogP contribution in [-0.4, -0.2) is 62.8 Å². The second-order valence-electron chi connectivity index (χ2n) is 2.72. The molecule has 1 saturated heterocycles. The van der Waals surface area contributed by atoms with Gasteiger partial charge in [0.05, 0.1) is 6.61 Å². The number of ether oxygens (including phenoxy) is 1. The van der Waals surface area contributed by atoms with Crippen LogP contribution in [0.4, 0.5) is 0 Å². The van der Waals surface area contributed by atoms with Crippen LogP contribution >= 0.6 is 0 Å². The molecule has 1 fully saturated rings. The van der Waals surface area contributed by atoms with E-state index in [2.05, 4.69) is 4.74 Å². The minimum Gasteiger partial charge on any atom is -0.394 e. The zero-order valence-electron chi connectivity index (χ0n) is 6.24. The van der Waals surface area contributed by atoms with Crippen molar-refractivity contribution >= 4 is 0 Å². The summed E-state index contributed by atoms with van der Waals surface area (Å²) in [5, 5.41) is 44.4. The normalized spacial score (nSPS) is 44.8. The Bertz CT molecular complexity index is 151. The maximum Gasteiger partial charge on any atom is 0.184 e. The summed E-state index contributed by atoms with van der Waals surface area (Å²) in [6.45, 7) is -0.596. The van der Waals surface area contributed by atoms with Crippen molar-refractivity contribution in [2.75, 3.05) is 6.61 Å². The lowest BCUT2D eigenvalue weighted by molar-refractivity contribution is -0.150. The molecule has 6 nitrogen and oxygen atoms in total. The number of hydrogen-bond acceptors (Lipinski definition) is 6. The molecule has 5 atom stereocenters. The number of aliphatic hydroxyl groups excluding tert-OH is 5. The third-order valence-electron chi connectivity index (χ3n) is 1.84. The van der Waals surface area contributed by atoms with Crippen LogP contribution in [0.1, 0.15) is 0 Å². The van der Waals surface area contributed by atoms with Crippen LogP contribution < -0.4 is 0 Å². The van der Waals surface area contributed by atoms with Gasteiger partial charge in [-0.05, 0) is 0 Å². The van der Waals surface area contributed by atoms with Gasteiger partial charge >= 0.3 is 0 Å². The lowest BCUT2D eigenvalue weighted by atomic mass is 10.1. The van der Waals surface area contributed by atoms with Gasteiger partial charge in [0, 0.05) is 0 Å². The smallest absolute Gasteiger partial charge is 0.184 e. The van der Waals surface area contributed by atoms with Crippen molar-refractivity contribution in [1.29, 1.82) is 0 Å². The summed E-state index contributed by atoms with van der Waals surface area (Å²) in [6.07, 6.45) is -6.75. The van der Waals surface area contributed by atoms with Crippen LogP contribution in [-0.2, 0) is 4.74 Å². The van der Waals surface area contributed by atoms with Crippen LogP contribution in [0.15, 0.2) is 0 Å². The van der Waals surface area contributed by atoms with Crippen LogP contribution in [0.2, 0.25) is 0 Å². The van der Waals surface area contributed by atoms with E-state index in [0.29, 0.717) is 0 Å². The van der Waals surface area contributed by atoms with E-state index >= 15 is 0 Å². The fourth-order valence-electron chi connectivity index (χ4n) is 1.11. The van der Waals surface area contributed by atoms with Gasteiger partial charge in [-0.3, -0.25) is 0 Å². The van der Waals surface area contributed by atoms with Crippen molar-refractivity contribution in [3.63, 3.8) is 0 Å². The maximum atomic E-state index is 9.12. The Hall–Kier alpha value is -0.240. The number of rotatable bonds is 2. The van der Waals surface area contributed by atoms with Crippen molar-refractivity contribution < 1.29 is 30.3 Å². The highest BCUT2D eigenvalue weighted by molar-refractivity contribution is 4.89. The number of aliphatic hydroxyl groups is 5. The predicted octanol–water partition coefficient (Wildman–Crippen LogP) is -3.22. The fourth-order valence-corrected chi connectivity index (χ4v) is 1.11. The van der Waals surface area contributed by atoms with E-state index in [9.17, 15) is 0 Å². The largest absolute Gasteiger partial charge is 0.394 e. The molecule has 1 aliphatic heterocycles. The molecule has 0 aromatic carbocycles. The molecular weight excluding hydrogens is 168 g/mol. The Morgan fingerprint density at radius 1 is 1.17 bits per heavy atom. The van der Waals surface area contributed by atoms with Crippen LogP contribution in [0.3, 0.4) is 0 Å². The average Bonchev–Trinajstić information content (AvgIpc) is 2.32. The van der Waals surface area contributed by atoms with E-state index in [0.717, 1.165) is 0 Å². The Kier molecular flexibility index (Phi) is 2.99. The van der Waals surface area contributed by atoms with Crippen LogP contribution in [0.25, 0.3) is 0 Å². The summed E-state index contributed by atoms with van der Waals surface area (Å²) in [7, 11) is 0. The molecule has 0 radical (unpaired) electrons. The molecule has 0 aromatic heterocycles. The van der Waals surface area contributed by atoms with Crippen molar-refractivity contribution in [3.05, 3.63) is 0 Å². The first-order chi connectivity index (χ1) is 5.57. The lowest BCUT2D eigenvalue weighted by Gasteiger charge is -2.18. The molecule has 0 aromatic rings. The SMILES string of the molecule is OC[C@@H](O)[C@H]1O[C@H](O)[C@@H](O)[C@H]1O. The van der Waals surface area contributed by atoms with E-state index in [-0.39, 0.29) is 0 Å². The first kappa shape index (κ1) is 9.85. The molecule has 5 N–H and O–H groups in total. The highest BCUT2D eigenvalue weighted by Crippen LogP contribution is 2.21. The fraction of sp³-hybridized carbons (Fsp3) is 1.00. The van der Waals surface area contributed by atoms with Crippen molar-refractivity contribution in [2.45, 2.75) is 30.7 Å². The van der Waals surface area contributed by atoms with Gasteiger partial charge in [0.25, 0.3) is 0 Å². The first-order valence-electron chi connectivity index (χ1n) is 3.56. The molecule has 0 spiro atoms. The van der Waals surface area contributed by atoms with Crippen molar-refractivity contribution in [1.82, 2.24) is 0 Å². The molecule has 1 rings (SSSR count). The zero-order chi connectivity index (χ0) is 9.30. The molecule has 0 aliphatic carbocycles. The van der Waals surface area contributed by atoms with Gasteiger partial charge in [-0.2, -0.15) is 0 Å². The summed E-state index contributed by atoms with van der Waals surface area (Å²) in [5.41, 5.74) is 0. The van der Waals surface area contributed by atoms with Gasteiger partial charge in [-0.1, -0.05) is 0 Å². The minimum absolute atomic E-state index is 0.596. The molecule has 0 saturated carbocycles. The number of hydrogen-bond donors (Lipinski definition) is 5. The van der Waals surface area contributed by atoms with E-state index in [4.69, 9.17) is 25.5 Å². The summed E-state index contributed by atoms with van der Waals surface area (Å²) >= 11 is 0. The van der Waals surface area contributed by atoms with Gasteiger partial charge in [-0.25, -0.2) is 0 Å². The summed E-state index contributed by atoms with van der Waals surface area (Å²) < 4.78 is 4.58. The average molecular weight is 180 g/mol. The summed E-state index contributed by atoms with van der Waals surface area (Å²) in [6, 6.07) is 0. The third-order valence-corrected chi connectivity index (χ3v) is 1.84. The summed E-state index contributed by atoms with van der Waals surface area (Å²) in [4.78, 5) is 0. The molecule has 72 valence electrons. The Morgan fingerprint density at radius 2 is 1.75 bits per heavy atom. The highest BCUT2D eigenvalue weighted by Gasteiger charge is 2.44. The van der Waals surface area contributed by atoms with E-state index in [1.165, 1.54) is 0 Å². The second-order valence-corrected chi connectivity index (χ2v) is 2.72. The van der Waals surface area contributed by atoms with Crippen molar-refractivity contribution in [2.24, 2.45) is 0 Å². The zero-order valence-corrected chi connectivity index (χ0v) is 6.24. The Labute approximate surface area is 68.6 Å². The third kappa shape index (κ3) is 1.58. The maximum absolute atomic E-state index is 9.12. The topological polar surface area (TPSA) is 110 Å². The van der Waals surface area contributed by atoms with Gasteiger partial charge in [0.15, 0.2) is 6.29 Å². The van der Waals surface area contributed by atoms with Crippen LogP contribution in [0, 0.1) is 0 Å².